The van der Waals surface area contributed by atoms with E-state index in [2.05, 4.69) is 108 Å². The number of rotatable bonds is 13. The van der Waals surface area contributed by atoms with Crippen molar-refractivity contribution in [1.82, 2.24) is 5.01 Å². The third-order valence-electron chi connectivity index (χ3n) is 6.91. The summed E-state index contributed by atoms with van der Waals surface area (Å²) in [5.41, 5.74) is 11.0. The van der Waals surface area contributed by atoms with Crippen molar-refractivity contribution in [2.45, 2.75) is 107 Å². The summed E-state index contributed by atoms with van der Waals surface area (Å²) in [6.07, 6.45) is 35.6. The molecule has 0 amide bonds. The summed E-state index contributed by atoms with van der Waals surface area (Å²) in [5, 5.41) is 1.52. The summed E-state index contributed by atoms with van der Waals surface area (Å²) in [6, 6.07) is 0. The molecule has 0 aromatic carbocycles. The van der Waals surface area contributed by atoms with Gasteiger partial charge in [-0.3, -0.25) is 9.80 Å². The van der Waals surface area contributed by atoms with E-state index in [-0.39, 0.29) is 17.1 Å². The molecule has 2 aliphatic rings. The maximum atomic E-state index is 13.6. The minimum atomic E-state index is -0.215. The van der Waals surface area contributed by atoms with Gasteiger partial charge in [0.15, 0.2) is 5.78 Å². The van der Waals surface area contributed by atoms with E-state index < -0.39 is 0 Å². The van der Waals surface area contributed by atoms with Crippen molar-refractivity contribution in [3.63, 3.8) is 0 Å². The van der Waals surface area contributed by atoms with Crippen LogP contribution in [0.5, 0.6) is 0 Å². The molecular weight excluding hydrogens is 526 g/mol. The number of hydrazine groups is 1. The van der Waals surface area contributed by atoms with Crippen molar-refractivity contribution in [2.75, 3.05) is 0 Å². The van der Waals surface area contributed by atoms with E-state index in [1.807, 2.05) is 33.0 Å². The zero-order valence-corrected chi connectivity index (χ0v) is 28.5. The largest absolute Gasteiger partial charge is 0.384 e. The molecule has 1 atom stereocenters. The van der Waals surface area contributed by atoms with Crippen LogP contribution in [0.3, 0.4) is 0 Å². The highest BCUT2D eigenvalue weighted by Crippen LogP contribution is 2.42. The molecule has 0 saturated heterocycles. The van der Waals surface area contributed by atoms with Gasteiger partial charge in [-0.15, -0.1) is 6.58 Å². The molecule has 4 nitrogen and oxygen atoms in total. The predicted molar refractivity (Wildman–Crippen MR) is 191 cm³/mol. The molecule has 0 aromatic heterocycles. The lowest BCUT2D eigenvalue weighted by molar-refractivity contribution is -0.118. The van der Waals surface area contributed by atoms with Crippen LogP contribution >= 0.6 is 0 Å². The average Bonchev–Trinajstić information content (AvgIpc) is 3.24. The number of allylic oxidation sites excluding steroid dienone is 17. The molecule has 0 spiro atoms. The van der Waals surface area contributed by atoms with E-state index in [9.17, 15) is 4.79 Å². The number of carbonyl (C=O) groups excluding carboxylic acids is 1. The Morgan fingerprint density at radius 1 is 1.07 bits per heavy atom. The number of nitrogens with two attached hydrogens (primary N) is 2. The Kier molecular flexibility index (Phi) is 21.3. The van der Waals surface area contributed by atoms with Gasteiger partial charge >= 0.3 is 0 Å². The maximum Gasteiger partial charge on any atom is 0.160 e. The molecule has 0 bridgehead atoms. The van der Waals surface area contributed by atoms with Gasteiger partial charge in [-0.1, -0.05) is 132 Å². The van der Waals surface area contributed by atoms with Crippen molar-refractivity contribution in [3.8, 4) is 0 Å². The first-order valence-electron chi connectivity index (χ1n) is 16.1. The van der Waals surface area contributed by atoms with Gasteiger partial charge in [-0.2, -0.15) is 0 Å². The molecule has 0 aliphatic heterocycles. The fourth-order valence-corrected chi connectivity index (χ4v) is 5.13. The smallest absolute Gasteiger partial charge is 0.160 e. The van der Waals surface area contributed by atoms with Crippen LogP contribution in [0.4, 0.5) is 0 Å². The van der Waals surface area contributed by atoms with Gasteiger partial charge in [-0.05, 0) is 69.8 Å². The zero-order chi connectivity index (χ0) is 32.7. The van der Waals surface area contributed by atoms with Crippen molar-refractivity contribution < 1.29 is 4.79 Å². The minimum absolute atomic E-state index is 0.0323. The Morgan fingerprint density at radius 3 is 2.35 bits per heavy atom. The van der Waals surface area contributed by atoms with Crippen LogP contribution in [0.1, 0.15) is 107 Å². The zero-order valence-electron chi connectivity index (χ0n) is 28.5. The van der Waals surface area contributed by atoms with Crippen LogP contribution in [0.2, 0.25) is 0 Å². The quantitative estimate of drug-likeness (QED) is 0.0973. The lowest BCUT2D eigenvalue weighted by Gasteiger charge is -2.35. The van der Waals surface area contributed by atoms with Gasteiger partial charge in [-0.25, -0.2) is 5.84 Å². The standard InChI is InChI=1S/C34H49N3O.C3H6.C2H6/c1-6-8-10-11-12-13-18-21-29(32-27(3)25-34(4,5)26-31(32)38)30(33(35)37(36)24-9-7-2)23-22-28-19-16-14-15-17-20-28;1-3-2;1-2/h8-12,14-16,18-21,24,29H,6-7,13,17,22-23,25-26,35-36H2,1-5H3;3H,1H2,2H3;1-2H3/b10-8-,12-11?,21-18+,24-9+,33-30+;;. The summed E-state index contributed by atoms with van der Waals surface area (Å²) in [6.45, 7) is 19.9. The van der Waals surface area contributed by atoms with Gasteiger partial charge in [0, 0.05) is 24.1 Å². The molecule has 2 rings (SSSR count). The van der Waals surface area contributed by atoms with Crippen LogP contribution in [-0.2, 0) is 4.79 Å². The third-order valence-corrected chi connectivity index (χ3v) is 6.91. The molecule has 0 saturated carbocycles. The van der Waals surface area contributed by atoms with Crippen LogP contribution in [0.25, 0.3) is 0 Å². The maximum absolute atomic E-state index is 13.6. The highest BCUT2D eigenvalue weighted by Gasteiger charge is 2.35. The Morgan fingerprint density at radius 2 is 1.72 bits per heavy atom. The summed E-state index contributed by atoms with van der Waals surface area (Å²) in [4.78, 5) is 13.6. The highest BCUT2D eigenvalue weighted by molar-refractivity contribution is 5.98. The summed E-state index contributed by atoms with van der Waals surface area (Å²) >= 11 is 0. The first-order chi connectivity index (χ1) is 20.6. The second-order valence-corrected chi connectivity index (χ2v) is 11.4. The Labute approximate surface area is 264 Å². The molecule has 2 aliphatic carbocycles. The fourth-order valence-electron chi connectivity index (χ4n) is 5.13. The summed E-state index contributed by atoms with van der Waals surface area (Å²) in [5.74, 6) is 6.93. The predicted octanol–water partition coefficient (Wildman–Crippen LogP) is 10.5. The van der Waals surface area contributed by atoms with Crippen molar-refractivity contribution in [3.05, 3.63) is 120 Å². The lowest BCUT2D eigenvalue weighted by Crippen LogP contribution is -2.34. The van der Waals surface area contributed by atoms with E-state index >= 15 is 0 Å². The average molecular weight is 588 g/mol. The van der Waals surface area contributed by atoms with Crippen LogP contribution in [-0.4, -0.2) is 10.8 Å². The highest BCUT2D eigenvalue weighted by atomic mass is 16.1. The minimum Gasteiger partial charge on any atom is -0.384 e. The van der Waals surface area contributed by atoms with Gasteiger partial charge in [0.25, 0.3) is 0 Å². The SMILES string of the molecule is C=CC.CC.CC/C=C\C=CC/C=C/C(C1=C(C)CC(C)(C)CC1=O)/C(CCC1=CCC=CC=C1)=C(\N)N(N)/C=C/CC. The Balaban J connectivity index is 0.00000331. The monoisotopic (exact) mass is 587 g/mol. The number of nitrogens with zero attached hydrogens (tertiary/aromatic N) is 1. The summed E-state index contributed by atoms with van der Waals surface area (Å²) in [7, 11) is 0. The number of hydrogen-bond acceptors (Lipinski definition) is 4. The van der Waals surface area contributed by atoms with Gasteiger partial charge in [0.1, 0.15) is 5.82 Å². The lowest BCUT2D eigenvalue weighted by atomic mass is 9.69. The molecular formula is C39H61N3O. The first-order valence-corrected chi connectivity index (χ1v) is 16.1. The normalized spacial score (nSPS) is 17.8. The fraction of sp³-hybridized carbons (Fsp3) is 0.462. The number of hydrogen-bond donors (Lipinski definition) is 2. The van der Waals surface area contributed by atoms with Crippen LogP contribution in [0.15, 0.2) is 120 Å². The molecule has 0 fully saturated rings. The van der Waals surface area contributed by atoms with E-state index in [0.717, 1.165) is 55.2 Å². The molecule has 0 heterocycles. The first kappa shape index (κ1) is 39.6. The van der Waals surface area contributed by atoms with Crippen molar-refractivity contribution in [2.24, 2.45) is 22.9 Å². The number of ketones is 1. The van der Waals surface area contributed by atoms with Crippen molar-refractivity contribution >= 4 is 5.78 Å². The number of carbonyl (C=O) groups is 1. The van der Waals surface area contributed by atoms with Gasteiger partial charge < -0.3 is 5.73 Å². The Bertz CT molecular complexity index is 1120. The van der Waals surface area contributed by atoms with Gasteiger partial charge in [0.05, 0.1) is 0 Å². The molecule has 1 unspecified atom stereocenters. The molecule has 0 aromatic rings. The molecule has 0 radical (unpaired) electrons. The van der Waals surface area contributed by atoms with Crippen LogP contribution in [0, 0.1) is 11.3 Å². The summed E-state index contributed by atoms with van der Waals surface area (Å²) < 4.78 is 0. The Hall–Kier alpha value is -3.37. The van der Waals surface area contributed by atoms with E-state index in [1.54, 1.807) is 6.08 Å². The molecule has 4 heteroatoms. The van der Waals surface area contributed by atoms with E-state index in [1.165, 1.54) is 10.6 Å². The van der Waals surface area contributed by atoms with Crippen molar-refractivity contribution in [1.29, 1.82) is 0 Å². The second-order valence-electron chi connectivity index (χ2n) is 11.4. The molecule has 43 heavy (non-hydrogen) atoms. The van der Waals surface area contributed by atoms with E-state index in [4.69, 9.17) is 11.6 Å². The van der Waals surface area contributed by atoms with E-state index in [0.29, 0.717) is 18.7 Å². The third kappa shape index (κ3) is 15.6. The van der Waals surface area contributed by atoms with Gasteiger partial charge in [0.2, 0.25) is 0 Å². The second kappa shape index (κ2) is 23.1. The topological polar surface area (TPSA) is 72.4 Å². The number of Topliss-reactive ketones (excluding diaryl/α,β-unsaturated/α-hetero) is 1. The molecule has 238 valence electrons. The van der Waals surface area contributed by atoms with Crippen LogP contribution < -0.4 is 11.6 Å². The molecule has 4 N–H and O–H groups in total.